The molecule has 0 bridgehead atoms. The number of pyridine rings is 1. The molecule has 2 fully saturated rings. The molecule has 200 valence electrons. The number of aryl methyl sites for hydroxylation is 1. The van der Waals surface area contributed by atoms with Gasteiger partial charge in [0.05, 0.1) is 0 Å². The van der Waals surface area contributed by atoms with Gasteiger partial charge in [-0.05, 0) is 62.4 Å². The predicted molar refractivity (Wildman–Crippen MR) is 142 cm³/mol. The summed E-state index contributed by atoms with van der Waals surface area (Å²) in [6, 6.07) is 14.0. The second kappa shape index (κ2) is 12.2. The fourth-order valence-electron chi connectivity index (χ4n) is 5.02. The molecule has 5 nitrogen and oxygen atoms in total. The lowest BCUT2D eigenvalue weighted by molar-refractivity contribution is -0.192. The van der Waals surface area contributed by atoms with Gasteiger partial charge < -0.3 is 10.4 Å². The molecule has 0 radical (unpaired) electrons. The predicted octanol–water partition coefficient (Wildman–Crippen LogP) is 8.11. The Morgan fingerprint density at radius 1 is 1.03 bits per heavy atom. The maximum absolute atomic E-state index is 10.6. The minimum Gasteiger partial charge on any atom is -0.475 e. The molecule has 2 aromatic heterocycles. The van der Waals surface area contributed by atoms with Crippen molar-refractivity contribution in [3.8, 4) is 11.3 Å². The fourth-order valence-corrected chi connectivity index (χ4v) is 6.32. The van der Waals surface area contributed by atoms with Crippen LogP contribution in [0, 0.1) is 6.92 Å². The highest BCUT2D eigenvalue weighted by molar-refractivity contribution is 8.00. The molecule has 37 heavy (non-hydrogen) atoms. The van der Waals surface area contributed by atoms with E-state index in [9.17, 15) is 13.2 Å². The van der Waals surface area contributed by atoms with Crippen LogP contribution < -0.4 is 5.32 Å². The van der Waals surface area contributed by atoms with Crippen LogP contribution in [0.5, 0.6) is 0 Å². The summed E-state index contributed by atoms with van der Waals surface area (Å²) in [5.74, 6) is -1.59. The number of imidazole rings is 1. The molecule has 0 aliphatic heterocycles. The summed E-state index contributed by atoms with van der Waals surface area (Å²) in [6.45, 7) is 2.14. The number of aromatic nitrogens is 2. The zero-order valence-electron chi connectivity index (χ0n) is 21.1. The summed E-state index contributed by atoms with van der Waals surface area (Å²) in [7, 11) is 0. The van der Waals surface area contributed by atoms with E-state index in [1.165, 1.54) is 80.2 Å². The van der Waals surface area contributed by atoms with Crippen molar-refractivity contribution in [2.45, 2.75) is 93.5 Å². The van der Waals surface area contributed by atoms with E-state index in [0.717, 1.165) is 22.4 Å². The first-order chi connectivity index (χ1) is 17.7. The number of carboxylic acids is 1. The van der Waals surface area contributed by atoms with E-state index in [2.05, 4.69) is 71.0 Å². The molecule has 5 rings (SSSR count). The van der Waals surface area contributed by atoms with E-state index in [4.69, 9.17) is 14.9 Å². The first-order valence-electron chi connectivity index (χ1n) is 13.0. The maximum Gasteiger partial charge on any atom is 0.490 e. The van der Waals surface area contributed by atoms with Crippen molar-refractivity contribution in [2.75, 3.05) is 5.32 Å². The normalized spacial score (nSPS) is 17.3. The lowest BCUT2D eigenvalue weighted by Gasteiger charge is -2.24. The van der Waals surface area contributed by atoms with E-state index < -0.39 is 12.1 Å². The molecular weight excluding hydrogens is 499 g/mol. The van der Waals surface area contributed by atoms with Gasteiger partial charge in [-0.1, -0.05) is 50.7 Å². The van der Waals surface area contributed by atoms with Gasteiger partial charge in [0.15, 0.2) is 0 Å². The number of hydrogen-bond donors (Lipinski definition) is 2. The molecule has 2 N–H and O–H groups in total. The quantitative estimate of drug-likeness (QED) is 0.347. The van der Waals surface area contributed by atoms with E-state index in [1.54, 1.807) is 0 Å². The number of fused-ring (bicyclic) bond motifs is 1. The van der Waals surface area contributed by atoms with Crippen LogP contribution in [0.25, 0.3) is 16.9 Å². The molecule has 0 saturated heterocycles. The lowest BCUT2D eigenvalue weighted by atomic mass is 9.95. The average molecular weight is 534 g/mol. The summed E-state index contributed by atoms with van der Waals surface area (Å²) < 4.78 is 34.0. The van der Waals surface area contributed by atoms with Crippen LogP contribution >= 0.6 is 11.8 Å². The summed E-state index contributed by atoms with van der Waals surface area (Å²) in [5, 5.41) is 11.8. The van der Waals surface area contributed by atoms with Crippen molar-refractivity contribution >= 4 is 29.2 Å². The first-order valence-corrected chi connectivity index (χ1v) is 13.9. The zero-order valence-corrected chi connectivity index (χ0v) is 21.9. The molecule has 0 amide bonds. The summed E-state index contributed by atoms with van der Waals surface area (Å²) >= 11 is 2.07. The average Bonchev–Trinajstić information content (AvgIpc) is 3.22. The van der Waals surface area contributed by atoms with Crippen LogP contribution in [-0.2, 0) is 4.79 Å². The molecule has 2 heterocycles. The minimum absolute atomic E-state index is 0.554. The lowest BCUT2D eigenvalue weighted by Crippen LogP contribution is -2.23. The van der Waals surface area contributed by atoms with Crippen molar-refractivity contribution in [2.24, 2.45) is 0 Å². The van der Waals surface area contributed by atoms with Gasteiger partial charge in [0.25, 0.3) is 0 Å². The molecule has 2 aliphatic carbocycles. The van der Waals surface area contributed by atoms with E-state index in [1.807, 2.05) is 0 Å². The van der Waals surface area contributed by atoms with Crippen LogP contribution in [0.1, 0.15) is 69.8 Å². The SMILES string of the molecule is Cc1ccn2c(NC3CCCCC3)c(-c3cccc(SC4CCCCC4)c3)nc2c1.O=C(O)C(F)(F)F. The van der Waals surface area contributed by atoms with Crippen molar-refractivity contribution < 1.29 is 23.1 Å². The smallest absolute Gasteiger partial charge is 0.475 e. The molecule has 0 spiro atoms. The second-order valence-corrected chi connectivity index (χ2v) is 11.3. The zero-order chi connectivity index (χ0) is 26.4. The largest absolute Gasteiger partial charge is 0.490 e. The van der Waals surface area contributed by atoms with Crippen molar-refractivity contribution in [3.63, 3.8) is 0 Å². The Morgan fingerprint density at radius 3 is 2.32 bits per heavy atom. The van der Waals surface area contributed by atoms with Gasteiger partial charge in [-0.3, -0.25) is 4.40 Å². The topological polar surface area (TPSA) is 66.6 Å². The van der Waals surface area contributed by atoms with Gasteiger partial charge in [0, 0.05) is 27.9 Å². The van der Waals surface area contributed by atoms with Gasteiger partial charge in [0.2, 0.25) is 0 Å². The molecule has 2 aliphatic rings. The van der Waals surface area contributed by atoms with Gasteiger partial charge in [-0.25, -0.2) is 9.78 Å². The first kappa shape index (κ1) is 27.4. The Hall–Kier alpha value is -2.68. The number of nitrogens with one attached hydrogen (secondary N) is 1. The van der Waals surface area contributed by atoms with Crippen LogP contribution in [0.15, 0.2) is 47.5 Å². The highest BCUT2D eigenvalue weighted by atomic mass is 32.2. The van der Waals surface area contributed by atoms with Gasteiger partial charge in [-0.15, -0.1) is 11.8 Å². The standard InChI is InChI=1S/C26H33N3S.C2HF3O2/c1-19-15-16-29-24(17-19)28-25(26(29)27-21-10-4-2-5-11-21)20-9-8-14-23(18-20)30-22-12-6-3-7-13-22;3-2(4,5)1(6)7/h8-9,14-18,21-22,27H,2-7,10-13H2,1H3;(H,6,7). The molecule has 1 aromatic carbocycles. The van der Waals surface area contributed by atoms with E-state index >= 15 is 0 Å². The molecule has 0 unspecified atom stereocenters. The van der Waals surface area contributed by atoms with Crippen molar-refractivity contribution in [1.29, 1.82) is 0 Å². The summed E-state index contributed by atoms with van der Waals surface area (Å²) in [6.07, 6.45) is 10.5. The highest BCUT2D eigenvalue weighted by Gasteiger charge is 2.38. The molecule has 9 heteroatoms. The highest BCUT2D eigenvalue weighted by Crippen LogP contribution is 2.37. The maximum atomic E-state index is 10.6. The molecule has 3 aromatic rings. The number of hydrogen-bond acceptors (Lipinski definition) is 4. The summed E-state index contributed by atoms with van der Waals surface area (Å²) in [5.41, 5.74) is 4.62. The Labute approximate surface area is 219 Å². The number of alkyl halides is 3. The number of halogens is 3. The van der Waals surface area contributed by atoms with E-state index in [-0.39, 0.29) is 0 Å². The number of thioether (sulfide) groups is 1. The van der Waals surface area contributed by atoms with Gasteiger partial charge in [0.1, 0.15) is 17.2 Å². The Balaban J connectivity index is 0.000000405. The van der Waals surface area contributed by atoms with Crippen LogP contribution in [0.3, 0.4) is 0 Å². The third-order valence-electron chi connectivity index (χ3n) is 6.93. The van der Waals surface area contributed by atoms with Gasteiger partial charge in [-0.2, -0.15) is 13.2 Å². The molecule has 2 saturated carbocycles. The number of carboxylic acid groups (broad SMARTS) is 1. The van der Waals surface area contributed by atoms with Crippen LogP contribution in [-0.4, -0.2) is 37.9 Å². The Bertz CT molecular complexity index is 1200. The van der Waals surface area contributed by atoms with Crippen molar-refractivity contribution in [1.82, 2.24) is 9.38 Å². The van der Waals surface area contributed by atoms with Crippen LogP contribution in [0.4, 0.5) is 19.0 Å². The number of benzene rings is 1. The summed E-state index contributed by atoms with van der Waals surface area (Å²) in [4.78, 5) is 15.4. The number of anilines is 1. The van der Waals surface area contributed by atoms with E-state index in [0.29, 0.717) is 6.04 Å². The number of nitrogens with zero attached hydrogens (tertiary/aromatic N) is 2. The third-order valence-corrected chi connectivity index (χ3v) is 8.26. The fraction of sp³-hybridized carbons (Fsp3) is 0.500. The minimum atomic E-state index is -5.08. The van der Waals surface area contributed by atoms with Gasteiger partial charge >= 0.3 is 12.1 Å². The van der Waals surface area contributed by atoms with Crippen molar-refractivity contribution in [3.05, 3.63) is 48.2 Å². The Kier molecular flexibility index (Phi) is 9.05. The number of aliphatic carboxylic acids is 1. The Morgan fingerprint density at radius 2 is 1.68 bits per heavy atom. The third kappa shape index (κ3) is 7.43. The van der Waals surface area contributed by atoms with Crippen LogP contribution in [0.2, 0.25) is 0 Å². The molecule has 0 atom stereocenters. The monoisotopic (exact) mass is 533 g/mol. The second-order valence-electron chi connectivity index (χ2n) is 9.93. The number of carbonyl (C=O) groups is 1. The molecular formula is C28H34F3N3O2S. The number of rotatable bonds is 5.